The minimum atomic E-state index is -0.0574. The minimum absolute atomic E-state index is 0.0548. The van der Waals surface area contributed by atoms with E-state index in [0.717, 1.165) is 30.6 Å². The summed E-state index contributed by atoms with van der Waals surface area (Å²) in [5, 5.41) is 9.30. The predicted molar refractivity (Wildman–Crippen MR) is 108 cm³/mol. The predicted octanol–water partition coefficient (Wildman–Crippen LogP) is 1.72. The molecule has 3 heterocycles. The third kappa shape index (κ3) is 5.56. The fourth-order valence-corrected chi connectivity index (χ4v) is 5.19. The first-order valence-corrected chi connectivity index (χ1v) is 10.8. The topological polar surface area (TPSA) is 120 Å². The summed E-state index contributed by atoms with van der Waals surface area (Å²) >= 11 is 1.90. The molecule has 2 saturated heterocycles. The van der Waals surface area contributed by atoms with E-state index in [-0.39, 0.29) is 24.0 Å². The summed E-state index contributed by atoms with van der Waals surface area (Å²) in [6, 6.07) is 4.02. The van der Waals surface area contributed by atoms with Crippen molar-refractivity contribution in [2.75, 3.05) is 12.3 Å². The lowest BCUT2D eigenvalue weighted by Crippen LogP contribution is -2.36. The van der Waals surface area contributed by atoms with Crippen molar-refractivity contribution in [1.82, 2.24) is 20.9 Å². The molecule has 150 valence electrons. The second-order valence-corrected chi connectivity index (χ2v) is 8.38. The van der Waals surface area contributed by atoms with Crippen LogP contribution in [0.5, 0.6) is 0 Å². The Morgan fingerprint density at radius 2 is 2.07 bits per heavy atom. The molecule has 1 aromatic heterocycles. The smallest absolute Gasteiger partial charge is 0.315 e. The van der Waals surface area contributed by atoms with Crippen LogP contribution in [0.4, 0.5) is 4.79 Å². The van der Waals surface area contributed by atoms with Gasteiger partial charge < -0.3 is 21.5 Å². The van der Waals surface area contributed by atoms with Crippen molar-refractivity contribution in [3.8, 4) is 0 Å². The van der Waals surface area contributed by atoms with Gasteiger partial charge in [-0.25, -0.2) is 4.79 Å². The number of rotatable bonds is 10. The van der Waals surface area contributed by atoms with Crippen LogP contribution in [0.15, 0.2) is 24.5 Å². The molecular formula is C19H26N6O2S. The highest BCUT2D eigenvalue weighted by Crippen LogP contribution is 2.33. The number of carbonyl (C=O) groups is 2. The number of amides is 3. The Morgan fingerprint density at radius 1 is 1.25 bits per heavy atom. The van der Waals surface area contributed by atoms with E-state index in [1.54, 1.807) is 24.5 Å². The monoisotopic (exact) mass is 402 g/mol. The van der Waals surface area contributed by atoms with Crippen molar-refractivity contribution in [2.24, 2.45) is 0 Å². The maximum atomic E-state index is 12.0. The van der Waals surface area contributed by atoms with Gasteiger partial charge in [0.25, 0.3) is 5.71 Å². The molecule has 0 radical (unpaired) electrons. The number of thioether (sulfide) groups is 1. The highest BCUT2D eigenvalue weighted by atomic mass is 32.2. The van der Waals surface area contributed by atoms with Gasteiger partial charge in [0.1, 0.15) is 0 Å². The first-order chi connectivity index (χ1) is 13.7. The van der Waals surface area contributed by atoms with Crippen molar-refractivity contribution < 1.29 is 14.4 Å². The summed E-state index contributed by atoms with van der Waals surface area (Å²) in [5.41, 5.74) is 10.6. The molecule has 3 rings (SSSR count). The van der Waals surface area contributed by atoms with Gasteiger partial charge in [-0.15, -0.1) is 0 Å². The molecule has 0 saturated carbocycles. The fraction of sp³-hybridized carbons (Fsp3) is 0.579. The minimum Gasteiger partial charge on any atom is -0.361 e. The Balaban J connectivity index is 1.25. The van der Waals surface area contributed by atoms with Crippen molar-refractivity contribution in [3.05, 3.63) is 35.6 Å². The number of hydrogen-bond donors (Lipinski definition) is 3. The summed E-state index contributed by atoms with van der Waals surface area (Å²) in [6.45, 7) is 0.558. The number of pyridine rings is 1. The zero-order chi connectivity index (χ0) is 19.8. The van der Waals surface area contributed by atoms with Crippen molar-refractivity contribution in [1.29, 1.82) is 0 Å². The molecule has 2 aliphatic heterocycles. The van der Waals surface area contributed by atoms with Gasteiger partial charge in [0.05, 0.1) is 24.1 Å². The second kappa shape index (κ2) is 10.2. The van der Waals surface area contributed by atoms with Crippen LogP contribution in [0, 0.1) is 0 Å². The van der Waals surface area contributed by atoms with E-state index in [4.69, 9.17) is 5.53 Å². The molecule has 0 aromatic carbocycles. The third-order valence-electron chi connectivity index (χ3n) is 5.13. The Hall–Kier alpha value is -2.38. The Morgan fingerprint density at radius 3 is 2.86 bits per heavy atom. The molecule has 0 spiro atoms. The number of fused-ring (bicyclic) bond motifs is 1. The first-order valence-electron chi connectivity index (χ1n) is 9.74. The van der Waals surface area contributed by atoms with Gasteiger partial charge in [0, 0.05) is 36.4 Å². The molecule has 3 N–H and O–H groups in total. The van der Waals surface area contributed by atoms with Crippen LogP contribution in [0.3, 0.4) is 0 Å². The maximum absolute atomic E-state index is 12.0. The maximum Gasteiger partial charge on any atom is 0.315 e. The number of urea groups is 1. The quantitative estimate of drug-likeness (QED) is 0.181. The van der Waals surface area contributed by atoms with Gasteiger partial charge in [-0.1, -0.05) is 6.42 Å². The van der Waals surface area contributed by atoms with Crippen molar-refractivity contribution >= 4 is 29.4 Å². The lowest BCUT2D eigenvalue weighted by Gasteiger charge is -2.16. The second-order valence-electron chi connectivity index (χ2n) is 7.10. The SMILES string of the molecule is [N-]=[N+]=C(CCCNC(=O)CCCCC1SCC2NC(=O)NC21)c1ccncc1. The molecule has 28 heavy (non-hydrogen) atoms. The summed E-state index contributed by atoms with van der Waals surface area (Å²) < 4.78 is 0. The summed E-state index contributed by atoms with van der Waals surface area (Å²) in [4.78, 5) is 30.6. The number of nitrogens with one attached hydrogen (secondary N) is 3. The Bertz CT molecular complexity index is 737. The highest BCUT2D eigenvalue weighted by Gasteiger charge is 2.42. The van der Waals surface area contributed by atoms with E-state index in [1.807, 2.05) is 11.8 Å². The highest BCUT2D eigenvalue weighted by molar-refractivity contribution is 8.00. The molecule has 0 bridgehead atoms. The largest absolute Gasteiger partial charge is 0.361 e. The molecule has 0 aliphatic carbocycles. The van der Waals surface area contributed by atoms with Crippen LogP contribution < -0.4 is 16.0 Å². The third-order valence-corrected chi connectivity index (χ3v) is 6.64. The summed E-state index contributed by atoms with van der Waals surface area (Å²) in [5.74, 6) is 1.02. The molecule has 2 aliphatic rings. The van der Waals surface area contributed by atoms with Crippen LogP contribution in [0.1, 0.15) is 44.1 Å². The average molecular weight is 403 g/mol. The Labute approximate surface area is 168 Å². The van der Waals surface area contributed by atoms with Crippen LogP contribution >= 0.6 is 11.8 Å². The number of hydrogen-bond acceptors (Lipinski definition) is 4. The van der Waals surface area contributed by atoms with Gasteiger partial charge in [0.15, 0.2) is 0 Å². The standard InChI is InChI=1S/C19H26N6O2S/c20-25-14(13-7-10-21-11-8-13)4-3-9-22-17(26)6-2-1-5-16-18-15(12-28-16)23-19(27)24-18/h7-8,10-11,15-16,18H,1-6,9,12H2,(H,22,26)(H2,23,24,27). The molecule has 9 heteroatoms. The summed E-state index contributed by atoms with van der Waals surface area (Å²) in [7, 11) is 0. The zero-order valence-electron chi connectivity index (χ0n) is 15.8. The fourth-order valence-electron chi connectivity index (χ4n) is 3.64. The number of nitrogens with zero attached hydrogens (tertiary/aromatic N) is 3. The van der Waals surface area contributed by atoms with Crippen molar-refractivity contribution in [2.45, 2.75) is 55.9 Å². The number of unbranched alkanes of at least 4 members (excludes halogenated alkanes) is 1. The van der Waals surface area contributed by atoms with Gasteiger partial charge in [-0.2, -0.15) is 16.6 Å². The van der Waals surface area contributed by atoms with Crippen LogP contribution in [0.25, 0.3) is 5.53 Å². The molecular weight excluding hydrogens is 376 g/mol. The average Bonchev–Trinajstić information content (AvgIpc) is 3.25. The lowest BCUT2D eigenvalue weighted by molar-refractivity contribution is -0.121. The van der Waals surface area contributed by atoms with E-state index in [2.05, 4.69) is 25.7 Å². The van der Waals surface area contributed by atoms with Crippen LogP contribution in [-0.4, -0.2) is 57.1 Å². The van der Waals surface area contributed by atoms with E-state index in [0.29, 0.717) is 36.8 Å². The van der Waals surface area contributed by atoms with E-state index in [1.165, 1.54) is 0 Å². The van der Waals surface area contributed by atoms with E-state index in [9.17, 15) is 9.59 Å². The molecule has 3 amide bonds. The lowest BCUT2D eigenvalue weighted by atomic mass is 10.0. The molecule has 1 aromatic rings. The number of carbonyl (C=O) groups excluding carboxylic acids is 2. The van der Waals surface area contributed by atoms with E-state index < -0.39 is 0 Å². The number of aromatic nitrogens is 1. The molecule has 3 atom stereocenters. The molecule has 3 unspecified atom stereocenters. The van der Waals surface area contributed by atoms with Gasteiger partial charge in [-0.05, 0) is 31.4 Å². The van der Waals surface area contributed by atoms with Crippen molar-refractivity contribution in [3.63, 3.8) is 0 Å². The Kier molecular flexibility index (Phi) is 7.45. The van der Waals surface area contributed by atoms with Gasteiger partial charge in [-0.3, -0.25) is 9.78 Å². The zero-order valence-corrected chi connectivity index (χ0v) is 16.6. The van der Waals surface area contributed by atoms with E-state index >= 15 is 0 Å². The molecule has 8 nitrogen and oxygen atoms in total. The van der Waals surface area contributed by atoms with Gasteiger partial charge in [0.2, 0.25) is 5.91 Å². The normalized spacial score (nSPS) is 22.7. The van der Waals surface area contributed by atoms with Crippen LogP contribution in [0.2, 0.25) is 0 Å². The van der Waals surface area contributed by atoms with Gasteiger partial charge >= 0.3 is 6.03 Å². The first kappa shape index (κ1) is 20.4. The molecule has 2 fully saturated rings. The summed E-state index contributed by atoms with van der Waals surface area (Å²) in [6.07, 6.45) is 7.97. The van der Waals surface area contributed by atoms with Crippen LogP contribution in [-0.2, 0) is 4.79 Å².